The van der Waals surface area contributed by atoms with Crippen LogP contribution in [0.2, 0.25) is 0 Å². The summed E-state index contributed by atoms with van der Waals surface area (Å²) in [5.74, 6) is -0.565. The van der Waals surface area contributed by atoms with Crippen molar-refractivity contribution in [2.24, 2.45) is 0 Å². The van der Waals surface area contributed by atoms with Crippen molar-refractivity contribution in [1.29, 1.82) is 0 Å². The number of benzene rings is 1. The van der Waals surface area contributed by atoms with Crippen LogP contribution in [0.3, 0.4) is 0 Å². The average molecular weight is 266 g/mol. The Balaban J connectivity index is 2.72. The van der Waals surface area contributed by atoms with Gasteiger partial charge in [0.05, 0.1) is 17.9 Å². The minimum atomic E-state index is -0.306. The molecule has 0 heterocycles. The summed E-state index contributed by atoms with van der Waals surface area (Å²) >= 11 is 0. The van der Waals surface area contributed by atoms with E-state index < -0.39 is 0 Å². The van der Waals surface area contributed by atoms with Gasteiger partial charge in [-0.05, 0) is 12.1 Å². The second-order valence-corrected chi connectivity index (χ2v) is 3.78. The number of para-hydroxylation sites is 1. The number of carbonyl (C=O) groups excluding carboxylic acids is 2. The molecule has 0 atom stereocenters. The molecule has 19 heavy (non-hydrogen) atoms. The van der Waals surface area contributed by atoms with Crippen LogP contribution < -0.4 is 10.6 Å². The van der Waals surface area contributed by atoms with E-state index in [0.29, 0.717) is 24.4 Å². The van der Waals surface area contributed by atoms with Gasteiger partial charge in [-0.25, -0.2) is 0 Å². The van der Waals surface area contributed by atoms with Gasteiger partial charge in [-0.1, -0.05) is 12.1 Å². The molecule has 0 saturated heterocycles. The number of carbonyl (C=O) groups is 2. The summed E-state index contributed by atoms with van der Waals surface area (Å²) < 4.78 is 9.58. The fraction of sp³-hybridized carbons (Fsp3) is 0.385. The minimum absolute atomic E-state index is 0.0559. The summed E-state index contributed by atoms with van der Waals surface area (Å²) in [4.78, 5) is 23.4. The third-order valence-electron chi connectivity index (χ3n) is 2.31. The van der Waals surface area contributed by atoms with Gasteiger partial charge in [-0.15, -0.1) is 0 Å². The zero-order valence-corrected chi connectivity index (χ0v) is 11.1. The molecule has 0 radical (unpaired) electrons. The molecule has 2 amide bonds. The number of nitrogens with one attached hydrogen (secondary N) is 2. The molecule has 1 aromatic carbocycles. The third kappa shape index (κ3) is 5.07. The Morgan fingerprint density at radius 3 is 2.58 bits per heavy atom. The van der Waals surface area contributed by atoms with Crippen molar-refractivity contribution in [1.82, 2.24) is 5.32 Å². The summed E-state index contributed by atoms with van der Waals surface area (Å²) in [7, 11) is 2.99. The van der Waals surface area contributed by atoms with E-state index in [9.17, 15) is 9.59 Å². The molecule has 2 N–H and O–H groups in total. The molecule has 0 bridgehead atoms. The second kappa shape index (κ2) is 8.23. The predicted molar refractivity (Wildman–Crippen MR) is 71.2 cm³/mol. The lowest BCUT2D eigenvalue weighted by Crippen LogP contribution is -2.28. The Morgan fingerprint density at radius 2 is 1.89 bits per heavy atom. The lowest BCUT2D eigenvalue weighted by Gasteiger charge is -2.11. The molecular weight excluding hydrogens is 248 g/mol. The lowest BCUT2D eigenvalue weighted by atomic mass is 10.1. The standard InChI is InChI=1S/C13H18N2O4/c1-18-8-7-14-13(17)10-5-3-4-6-11(10)15-12(16)9-19-2/h3-6H,7-9H2,1-2H3,(H,14,17)(H,15,16). The Bertz CT molecular complexity index is 434. The molecular formula is C13H18N2O4. The molecule has 0 aromatic heterocycles. The number of hydrogen-bond donors (Lipinski definition) is 2. The van der Waals surface area contributed by atoms with Gasteiger partial charge in [0.2, 0.25) is 5.91 Å². The summed E-state index contributed by atoms with van der Waals surface area (Å²) in [5.41, 5.74) is 0.863. The Kier molecular flexibility index (Phi) is 6.56. The van der Waals surface area contributed by atoms with Gasteiger partial charge in [0.25, 0.3) is 5.91 Å². The summed E-state index contributed by atoms with van der Waals surface area (Å²) in [5, 5.41) is 5.33. The minimum Gasteiger partial charge on any atom is -0.383 e. The Hall–Kier alpha value is -1.92. The van der Waals surface area contributed by atoms with Crippen molar-refractivity contribution in [3.8, 4) is 0 Å². The van der Waals surface area contributed by atoms with Crippen molar-refractivity contribution in [2.75, 3.05) is 39.3 Å². The van der Waals surface area contributed by atoms with Gasteiger partial charge in [-0.2, -0.15) is 0 Å². The number of anilines is 1. The van der Waals surface area contributed by atoms with Gasteiger partial charge in [0.15, 0.2) is 0 Å². The fourth-order valence-corrected chi connectivity index (χ4v) is 1.47. The highest BCUT2D eigenvalue weighted by Gasteiger charge is 2.12. The summed E-state index contributed by atoms with van der Waals surface area (Å²) in [6.07, 6.45) is 0. The molecule has 6 nitrogen and oxygen atoms in total. The van der Waals surface area contributed by atoms with Gasteiger partial charge in [-0.3, -0.25) is 9.59 Å². The number of hydrogen-bond acceptors (Lipinski definition) is 4. The quantitative estimate of drug-likeness (QED) is 0.710. The van der Waals surface area contributed by atoms with Crippen LogP contribution in [0.5, 0.6) is 0 Å². The van der Waals surface area contributed by atoms with Crippen LogP contribution in [0.25, 0.3) is 0 Å². The largest absolute Gasteiger partial charge is 0.383 e. The normalized spacial score (nSPS) is 10.0. The van der Waals surface area contributed by atoms with E-state index in [2.05, 4.69) is 10.6 Å². The summed E-state index contributed by atoms with van der Waals surface area (Å²) in [6, 6.07) is 6.79. The molecule has 0 unspecified atom stereocenters. The first-order valence-electron chi connectivity index (χ1n) is 5.84. The van der Waals surface area contributed by atoms with Crippen LogP contribution in [0.1, 0.15) is 10.4 Å². The number of amides is 2. The van der Waals surface area contributed by atoms with E-state index in [-0.39, 0.29) is 18.4 Å². The molecule has 0 aliphatic rings. The van der Waals surface area contributed by atoms with Gasteiger partial charge < -0.3 is 20.1 Å². The van der Waals surface area contributed by atoms with E-state index in [1.54, 1.807) is 31.4 Å². The van der Waals surface area contributed by atoms with Crippen LogP contribution in [0.4, 0.5) is 5.69 Å². The van der Waals surface area contributed by atoms with E-state index >= 15 is 0 Å². The molecule has 0 fully saturated rings. The smallest absolute Gasteiger partial charge is 0.253 e. The van der Waals surface area contributed by atoms with Gasteiger partial charge in [0.1, 0.15) is 6.61 Å². The second-order valence-electron chi connectivity index (χ2n) is 3.78. The van der Waals surface area contributed by atoms with Gasteiger partial charge in [0, 0.05) is 20.8 Å². The first-order valence-corrected chi connectivity index (χ1v) is 5.84. The highest BCUT2D eigenvalue weighted by molar-refractivity contribution is 6.03. The lowest BCUT2D eigenvalue weighted by molar-refractivity contribution is -0.119. The van der Waals surface area contributed by atoms with Crippen LogP contribution in [0, 0.1) is 0 Å². The Labute approximate surface area is 112 Å². The molecule has 0 aliphatic heterocycles. The monoisotopic (exact) mass is 266 g/mol. The van der Waals surface area contributed by atoms with Crippen molar-refractivity contribution in [2.45, 2.75) is 0 Å². The molecule has 0 aliphatic carbocycles. The SMILES string of the molecule is COCCNC(=O)c1ccccc1NC(=O)COC. The van der Waals surface area contributed by atoms with Crippen LogP contribution in [-0.4, -0.2) is 45.8 Å². The number of rotatable bonds is 7. The van der Waals surface area contributed by atoms with Crippen molar-refractivity contribution in [3.05, 3.63) is 29.8 Å². The zero-order chi connectivity index (χ0) is 14.1. The molecule has 0 saturated carbocycles. The van der Waals surface area contributed by atoms with Crippen LogP contribution >= 0.6 is 0 Å². The number of ether oxygens (including phenoxy) is 2. The van der Waals surface area contributed by atoms with Crippen LogP contribution in [-0.2, 0) is 14.3 Å². The van der Waals surface area contributed by atoms with Crippen molar-refractivity contribution >= 4 is 17.5 Å². The van der Waals surface area contributed by atoms with E-state index in [4.69, 9.17) is 9.47 Å². The highest BCUT2D eigenvalue weighted by atomic mass is 16.5. The molecule has 1 rings (SSSR count). The maximum absolute atomic E-state index is 11.9. The fourth-order valence-electron chi connectivity index (χ4n) is 1.47. The van der Waals surface area contributed by atoms with Crippen molar-refractivity contribution in [3.63, 3.8) is 0 Å². The first-order chi connectivity index (χ1) is 9.19. The molecule has 0 spiro atoms. The van der Waals surface area contributed by atoms with E-state index in [0.717, 1.165) is 0 Å². The predicted octanol–water partition coefficient (Wildman–Crippen LogP) is 0.648. The highest BCUT2D eigenvalue weighted by Crippen LogP contribution is 2.14. The van der Waals surface area contributed by atoms with Crippen LogP contribution in [0.15, 0.2) is 24.3 Å². The van der Waals surface area contributed by atoms with E-state index in [1.165, 1.54) is 7.11 Å². The molecule has 104 valence electrons. The molecule has 6 heteroatoms. The van der Waals surface area contributed by atoms with E-state index in [1.807, 2.05) is 0 Å². The maximum atomic E-state index is 11.9. The van der Waals surface area contributed by atoms with Crippen molar-refractivity contribution < 1.29 is 19.1 Å². The third-order valence-corrected chi connectivity index (χ3v) is 2.31. The Morgan fingerprint density at radius 1 is 1.16 bits per heavy atom. The maximum Gasteiger partial charge on any atom is 0.253 e. The summed E-state index contributed by atoms with van der Waals surface area (Å²) in [6.45, 7) is 0.791. The number of methoxy groups -OCH3 is 2. The zero-order valence-electron chi connectivity index (χ0n) is 11.1. The molecule has 1 aromatic rings. The van der Waals surface area contributed by atoms with Gasteiger partial charge >= 0.3 is 0 Å². The first kappa shape index (κ1) is 15.1. The topological polar surface area (TPSA) is 76.7 Å². The average Bonchev–Trinajstić information content (AvgIpc) is 2.39.